The highest BCUT2D eigenvalue weighted by Crippen LogP contribution is 1.98. The van der Waals surface area contributed by atoms with Crippen LogP contribution in [0.25, 0.3) is 0 Å². The molecule has 0 fully saturated rings. The van der Waals surface area contributed by atoms with Gasteiger partial charge in [-0.2, -0.15) is 25.3 Å². The van der Waals surface area contributed by atoms with Gasteiger partial charge in [0.25, 0.3) is 0 Å². The van der Waals surface area contributed by atoms with Crippen molar-refractivity contribution in [1.29, 1.82) is 0 Å². The molecule has 12 nitrogen and oxygen atoms in total. The first-order chi connectivity index (χ1) is 12.6. The third kappa shape index (κ3) is 8.94. The Hall–Kier alpha value is -2.03. The summed E-state index contributed by atoms with van der Waals surface area (Å²) in [5, 5.41) is 33.1. The fourth-order valence-electron chi connectivity index (χ4n) is 1.67. The van der Waals surface area contributed by atoms with Crippen molar-refractivity contribution in [3.8, 4) is 0 Å². The maximum atomic E-state index is 12.1. The summed E-state index contributed by atoms with van der Waals surface area (Å²) in [6.07, 6.45) is -0.870. The molecule has 4 unspecified atom stereocenters. The number of hydrogen-bond donors (Lipinski definition) is 9. The van der Waals surface area contributed by atoms with Crippen LogP contribution in [0.3, 0.4) is 0 Å². The summed E-state index contributed by atoms with van der Waals surface area (Å²) < 4.78 is 0. The van der Waals surface area contributed by atoms with Gasteiger partial charge < -0.3 is 37.0 Å². The molecule has 0 radical (unpaired) electrons. The molecule has 0 rings (SSSR count). The Morgan fingerprint density at radius 1 is 0.815 bits per heavy atom. The summed E-state index contributed by atoms with van der Waals surface area (Å²) >= 11 is 7.70. The maximum absolute atomic E-state index is 12.1. The topological polar surface area (TPSA) is 208 Å². The summed E-state index contributed by atoms with van der Waals surface area (Å²) in [4.78, 5) is 57.5. The Bertz CT molecular complexity index is 577. The second-order valence-corrected chi connectivity index (χ2v) is 6.00. The molecule has 0 heterocycles. The number of carboxylic acid groups (broad SMARTS) is 2. The largest absolute Gasteiger partial charge is 0.481 e. The van der Waals surface area contributed by atoms with E-state index in [-0.39, 0.29) is 11.5 Å². The number of aliphatic hydroxyl groups is 1. The molecular weight excluding hydrogens is 404 g/mol. The second-order valence-electron chi connectivity index (χ2n) is 5.27. The van der Waals surface area contributed by atoms with Crippen molar-refractivity contribution in [3.05, 3.63) is 0 Å². The van der Waals surface area contributed by atoms with E-state index in [1.165, 1.54) is 0 Å². The highest BCUT2D eigenvalue weighted by molar-refractivity contribution is 7.80. The highest BCUT2D eigenvalue weighted by Gasteiger charge is 2.30. The molecule has 0 aliphatic carbocycles. The number of nitrogens with two attached hydrogens (primary N) is 1. The van der Waals surface area contributed by atoms with Crippen molar-refractivity contribution in [2.45, 2.75) is 30.6 Å². The van der Waals surface area contributed by atoms with Crippen molar-refractivity contribution < 1.29 is 39.3 Å². The minimum atomic E-state index is -1.71. The molecule has 154 valence electrons. The molecule has 0 saturated heterocycles. The van der Waals surface area contributed by atoms with Gasteiger partial charge in [0.1, 0.15) is 18.1 Å². The molecule has 0 aliphatic heterocycles. The molecule has 0 aromatic carbocycles. The lowest BCUT2D eigenvalue weighted by Gasteiger charge is -2.23. The number of amides is 3. The lowest BCUT2D eigenvalue weighted by atomic mass is 10.1. The van der Waals surface area contributed by atoms with Gasteiger partial charge in [-0.25, -0.2) is 4.79 Å². The number of aliphatic hydroxyl groups excluding tert-OH is 1. The van der Waals surface area contributed by atoms with Gasteiger partial charge in [-0.15, -0.1) is 0 Å². The number of hydrogen-bond acceptors (Lipinski definition) is 9. The smallest absolute Gasteiger partial charge is 0.326 e. The summed E-state index contributed by atoms with van der Waals surface area (Å²) in [6, 6.07) is -5.50. The van der Waals surface area contributed by atoms with Crippen molar-refractivity contribution in [2.75, 3.05) is 18.1 Å². The predicted octanol–water partition coefficient (Wildman–Crippen LogP) is -3.82. The molecule has 0 aromatic rings. The van der Waals surface area contributed by atoms with Crippen LogP contribution in [0.1, 0.15) is 6.42 Å². The first-order valence-electron chi connectivity index (χ1n) is 7.51. The van der Waals surface area contributed by atoms with Crippen LogP contribution in [0.15, 0.2) is 0 Å². The third-order valence-corrected chi connectivity index (χ3v) is 3.92. The fourth-order valence-corrected chi connectivity index (χ4v) is 2.09. The van der Waals surface area contributed by atoms with E-state index in [2.05, 4.69) is 35.9 Å². The zero-order valence-electron chi connectivity index (χ0n) is 14.0. The fraction of sp³-hybridized carbons (Fsp3) is 0.615. The van der Waals surface area contributed by atoms with Crippen LogP contribution in [0, 0.1) is 0 Å². The molecule has 27 heavy (non-hydrogen) atoms. The highest BCUT2D eigenvalue weighted by atomic mass is 32.1. The van der Waals surface area contributed by atoms with E-state index in [4.69, 9.17) is 15.9 Å². The van der Waals surface area contributed by atoms with Crippen LogP contribution in [0.4, 0.5) is 0 Å². The van der Waals surface area contributed by atoms with E-state index < -0.39 is 66.9 Å². The Morgan fingerprint density at radius 3 is 1.70 bits per heavy atom. The Kier molecular flexibility index (Phi) is 11.4. The number of nitrogens with one attached hydrogen (secondary N) is 3. The van der Waals surface area contributed by atoms with Gasteiger partial charge >= 0.3 is 11.9 Å². The monoisotopic (exact) mass is 426 g/mol. The van der Waals surface area contributed by atoms with Crippen molar-refractivity contribution in [2.24, 2.45) is 5.73 Å². The van der Waals surface area contributed by atoms with Crippen molar-refractivity contribution in [3.63, 3.8) is 0 Å². The zero-order chi connectivity index (χ0) is 21.1. The third-order valence-electron chi connectivity index (χ3n) is 3.16. The van der Waals surface area contributed by atoms with E-state index in [1.807, 2.05) is 5.32 Å². The Labute approximate surface area is 165 Å². The number of carbonyl (C=O) groups is 5. The van der Waals surface area contributed by atoms with Crippen LogP contribution in [-0.2, 0) is 24.0 Å². The lowest BCUT2D eigenvalue weighted by molar-refractivity contribution is -0.147. The maximum Gasteiger partial charge on any atom is 0.326 e. The van der Waals surface area contributed by atoms with E-state index in [0.29, 0.717) is 0 Å². The normalized spacial score (nSPS) is 15.0. The quantitative estimate of drug-likeness (QED) is 0.140. The number of carboxylic acids is 2. The van der Waals surface area contributed by atoms with Gasteiger partial charge in [0.2, 0.25) is 17.7 Å². The van der Waals surface area contributed by atoms with Crippen LogP contribution in [0.5, 0.6) is 0 Å². The van der Waals surface area contributed by atoms with E-state index in [1.54, 1.807) is 0 Å². The summed E-state index contributed by atoms with van der Waals surface area (Å²) in [7, 11) is 0. The molecule has 0 saturated carbocycles. The SMILES string of the molecule is NC(CS)C(=O)NC(CO)C(=O)NC(CS)C(=O)NC(CC(=O)O)C(=O)O. The minimum Gasteiger partial charge on any atom is -0.481 e. The molecule has 0 bridgehead atoms. The van der Waals surface area contributed by atoms with Crippen LogP contribution in [0.2, 0.25) is 0 Å². The zero-order valence-corrected chi connectivity index (χ0v) is 15.8. The first kappa shape index (κ1) is 25.0. The number of thiol groups is 2. The minimum absolute atomic E-state index is 0.00652. The molecule has 8 N–H and O–H groups in total. The van der Waals surface area contributed by atoms with E-state index in [0.717, 1.165) is 0 Å². The Balaban J connectivity index is 4.98. The predicted molar refractivity (Wildman–Crippen MR) is 98.4 cm³/mol. The van der Waals surface area contributed by atoms with Crippen LogP contribution >= 0.6 is 25.3 Å². The summed E-state index contributed by atoms with van der Waals surface area (Å²) in [5.74, 6) is -5.99. The Morgan fingerprint density at radius 2 is 1.30 bits per heavy atom. The first-order valence-corrected chi connectivity index (χ1v) is 8.77. The standard InChI is InChI=1S/C13H22N4O8S2/c14-5(3-26)10(21)16-7(2-18)11(22)17-8(4-27)12(23)15-6(13(24)25)1-9(19)20/h5-8,18,26-27H,1-4,14H2,(H,15,23)(H,16,21)(H,17,22)(H,19,20)(H,24,25). The van der Waals surface area contributed by atoms with Gasteiger partial charge in [-0.05, 0) is 0 Å². The van der Waals surface area contributed by atoms with Crippen molar-refractivity contribution in [1.82, 2.24) is 16.0 Å². The van der Waals surface area contributed by atoms with Gasteiger partial charge in [0.05, 0.1) is 19.1 Å². The molecule has 0 spiro atoms. The molecular formula is C13H22N4O8S2. The molecule has 0 aliphatic rings. The van der Waals surface area contributed by atoms with Crippen molar-refractivity contribution >= 4 is 54.9 Å². The number of rotatable bonds is 12. The molecule has 3 amide bonds. The van der Waals surface area contributed by atoms with E-state index >= 15 is 0 Å². The van der Waals surface area contributed by atoms with E-state index in [9.17, 15) is 29.1 Å². The summed E-state index contributed by atoms with van der Waals surface area (Å²) in [5.41, 5.74) is 5.44. The molecule has 4 atom stereocenters. The second kappa shape index (κ2) is 12.4. The molecule has 0 aromatic heterocycles. The summed E-state index contributed by atoms with van der Waals surface area (Å²) in [6.45, 7) is -0.797. The van der Waals surface area contributed by atoms with Gasteiger partial charge in [-0.1, -0.05) is 0 Å². The molecule has 14 heteroatoms. The average molecular weight is 426 g/mol. The van der Waals surface area contributed by atoms with Gasteiger partial charge in [0.15, 0.2) is 0 Å². The van der Waals surface area contributed by atoms with Crippen LogP contribution in [-0.4, -0.2) is 87.3 Å². The number of aliphatic carboxylic acids is 2. The lowest BCUT2D eigenvalue weighted by Crippen LogP contribution is -2.58. The number of carbonyl (C=O) groups excluding carboxylic acids is 3. The van der Waals surface area contributed by atoms with Crippen LogP contribution < -0.4 is 21.7 Å². The van der Waals surface area contributed by atoms with Gasteiger partial charge in [0, 0.05) is 11.5 Å². The average Bonchev–Trinajstić information content (AvgIpc) is 2.61. The van der Waals surface area contributed by atoms with Gasteiger partial charge in [-0.3, -0.25) is 19.2 Å².